The van der Waals surface area contributed by atoms with Crippen LogP contribution >= 0.6 is 0 Å². The number of pyridine rings is 1. The number of aromatic nitrogens is 5. The lowest BCUT2D eigenvalue weighted by molar-refractivity contribution is 0.132. The number of halogens is 2. The molecule has 37 heavy (non-hydrogen) atoms. The molecule has 3 aromatic heterocycles. The molecule has 0 unspecified atom stereocenters. The molecule has 1 atom stereocenters. The topological polar surface area (TPSA) is 75.0 Å². The van der Waals surface area contributed by atoms with Crippen LogP contribution < -0.4 is 5.32 Å². The number of hydrogen-bond acceptors (Lipinski definition) is 7. The Morgan fingerprint density at radius 1 is 0.973 bits per heavy atom. The van der Waals surface area contributed by atoms with E-state index >= 15 is 0 Å². The molecule has 2 aliphatic rings. The maximum Gasteiger partial charge on any atom is 0.229 e. The molecule has 1 aromatic carbocycles. The normalized spacial score (nSPS) is 18.4. The van der Waals surface area contributed by atoms with Crippen molar-refractivity contribution in [3.05, 3.63) is 59.7 Å². The third-order valence-electron chi connectivity index (χ3n) is 7.45. The number of likely N-dealkylation sites (N-methyl/N-ethyl adjacent to an activating group) is 1. The van der Waals surface area contributed by atoms with Crippen molar-refractivity contribution in [3.63, 3.8) is 0 Å². The summed E-state index contributed by atoms with van der Waals surface area (Å²) in [6.45, 7) is 10.5. The monoisotopic (exact) mass is 504 g/mol. The Labute approximate surface area is 214 Å². The summed E-state index contributed by atoms with van der Waals surface area (Å²) in [5.74, 6) is 0.509. The van der Waals surface area contributed by atoms with E-state index in [1.54, 1.807) is 6.07 Å². The molecule has 1 N–H and O–H groups in total. The van der Waals surface area contributed by atoms with E-state index in [1.807, 2.05) is 22.9 Å². The molecule has 0 saturated carbocycles. The molecule has 192 valence electrons. The summed E-state index contributed by atoms with van der Waals surface area (Å²) < 4.78 is 31.8. The average molecular weight is 505 g/mol. The first-order chi connectivity index (χ1) is 18.0. The number of fused-ring (bicyclic) bond motifs is 3. The lowest BCUT2D eigenvalue weighted by Gasteiger charge is -2.33. The van der Waals surface area contributed by atoms with Crippen molar-refractivity contribution in [1.29, 1.82) is 0 Å². The maximum absolute atomic E-state index is 15.0. The van der Waals surface area contributed by atoms with Crippen molar-refractivity contribution < 1.29 is 8.78 Å². The summed E-state index contributed by atoms with van der Waals surface area (Å²) >= 11 is 0. The van der Waals surface area contributed by atoms with Gasteiger partial charge in [0, 0.05) is 56.9 Å². The zero-order valence-electron chi connectivity index (χ0n) is 21.1. The van der Waals surface area contributed by atoms with Gasteiger partial charge in [0.2, 0.25) is 5.95 Å². The fourth-order valence-electron chi connectivity index (χ4n) is 5.33. The van der Waals surface area contributed by atoms with E-state index in [-0.39, 0.29) is 17.7 Å². The van der Waals surface area contributed by atoms with Crippen molar-refractivity contribution in [2.75, 3.05) is 38.0 Å². The van der Waals surface area contributed by atoms with E-state index < -0.39 is 11.6 Å². The van der Waals surface area contributed by atoms with Gasteiger partial charge < -0.3 is 14.8 Å². The van der Waals surface area contributed by atoms with E-state index in [4.69, 9.17) is 0 Å². The Bertz CT molecular complexity index is 1430. The van der Waals surface area contributed by atoms with Crippen LogP contribution in [-0.2, 0) is 13.0 Å². The van der Waals surface area contributed by atoms with Crippen molar-refractivity contribution >= 4 is 22.8 Å². The SMILES string of the molecule is CCN1CCN(Cc2ccc(Nc3ncc(F)c(-c4cc(F)c5nc6n(c5c4)[C@H](C)CC6)n3)nc2)CC1. The van der Waals surface area contributed by atoms with Gasteiger partial charge in [-0.2, -0.15) is 0 Å². The van der Waals surface area contributed by atoms with Crippen LogP contribution in [-0.4, -0.2) is 67.0 Å². The Balaban J connectivity index is 1.21. The molecule has 8 nitrogen and oxygen atoms in total. The smallest absolute Gasteiger partial charge is 0.229 e. The Morgan fingerprint density at radius 2 is 1.78 bits per heavy atom. The second-order valence-electron chi connectivity index (χ2n) is 9.89. The predicted molar refractivity (Wildman–Crippen MR) is 139 cm³/mol. The van der Waals surface area contributed by atoms with Crippen LogP contribution in [0.2, 0.25) is 0 Å². The van der Waals surface area contributed by atoms with Gasteiger partial charge in [-0.1, -0.05) is 13.0 Å². The van der Waals surface area contributed by atoms with Gasteiger partial charge in [-0.05, 0) is 43.7 Å². The molecule has 1 fully saturated rings. The molecule has 1 saturated heterocycles. The van der Waals surface area contributed by atoms with Gasteiger partial charge in [-0.15, -0.1) is 0 Å². The number of hydrogen-bond donors (Lipinski definition) is 1. The van der Waals surface area contributed by atoms with E-state index in [0.717, 1.165) is 69.7 Å². The first-order valence-electron chi connectivity index (χ1n) is 12.9. The summed E-state index contributed by atoms with van der Waals surface area (Å²) in [6, 6.07) is 7.16. The highest BCUT2D eigenvalue weighted by Crippen LogP contribution is 2.34. The number of aryl methyl sites for hydroxylation is 1. The van der Waals surface area contributed by atoms with Crippen LogP contribution in [0.25, 0.3) is 22.3 Å². The molecule has 0 bridgehead atoms. The number of nitrogens with one attached hydrogen (secondary N) is 1. The second kappa shape index (κ2) is 9.75. The average Bonchev–Trinajstić information content (AvgIpc) is 3.47. The molecule has 0 aliphatic carbocycles. The highest BCUT2D eigenvalue weighted by atomic mass is 19.1. The van der Waals surface area contributed by atoms with Gasteiger partial charge >= 0.3 is 0 Å². The summed E-state index contributed by atoms with van der Waals surface area (Å²) in [5, 5.41) is 3.05. The molecular formula is C27H30F2N8. The largest absolute Gasteiger partial charge is 0.325 e. The number of benzene rings is 1. The van der Waals surface area contributed by atoms with Crippen molar-refractivity contribution in [2.24, 2.45) is 0 Å². The zero-order valence-corrected chi connectivity index (χ0v) is 21.1. The van der Waals surface area contributed by atoms with Gasteiger partial charge in [0.05, 0.1) is 11.7 Å². The highest BCUT2D eigenvalue weighted by Gasteiger charge is 2.25. The lowest BCUT2D eigenvalue weighted by Crippen LogP contribution is -2.45. The Kier molecular flexibility index (Phi) is 6.29. The van der Waals surface area contributed by atoms with Crippen LogP contribution in [0.3, 0.4) is 0 Å². The molecule has 0 amide bonds. The van der Waals surface area contributed by atoms with Crippen molar-refractivity contribution in [2.45, 2.75) is 39.3 Å². The molecule has 2 aliphatic heterocycles. The third-order valence-corrected chi connectivity index (χ3v) is 7.45. The molecule has 5 heterocycles. The number of rotatable bonds is 6. The minimum absolute atomic E-state index is 0.0299. The minimum atomic E-state index is -0.620. The van der Waals surface area contributed by atoms with Gasteiger partial charge in [0.25, 0.3) is 0 Å². The summed E-state index contributed by atoms with van der Waals surface area (Å²) in [6.07, 6.45) is 4.70. The fraction of sp³-hybridized carbons (Fsp3) is 0.407. The lowest BCUT2D eigenvalue weighted by atomic mass is 10.1. The summed E-state index contributed by atoms with van der Waals surface area (Å²) in [7, 11) is 0. The van der Waals surface area contributed by atoms with E-state index in [0.29, 0.717) is 22.4 Å². The quantitative estimate of drug-likeness (QED) is 0.413. The molecule has 0 radical (unpaired) electrons. The van der Waals surface area contributed by atoms with Gasteiger partial charge in [0.1, 0.15) is 22.9 Å². The van der Waals surface area contributed by atoms with E-state index in [9.17, 15) is 8.78 Å². The molecule has 6 rings (SSSR count). The van der Waals surface area contributed by atoms with Crippen molar-refractivity contribution in [1.82, 2.24) is 34.3 Å². The molecule has 4 aromatic rings. The van der Waals surface area contributed by atoms with Crippen LogP contribution in [0, 0.1) is 11.6 Å². The summed E-state index contributed by atoms with van der Waals surface area (Å²) in [4.78, 5) is 22.3. The molecule has 0 spiro atoms. The molecular weight excluding hydrogens is 474 g/mol. The minimum Gasteiger partial charge on any atom is -0.325 e. The maximum atomic E-state index is 15.0. The van der Waals surface area contributed by atoms with Crippen LogP contribution in [0.4, 0.5) is 20.5 Å². The zero-order chi connectivity index (χ0) is 25.5. The Hall–Kier alpha value is -3.50. The van der Waals surface area contributed by atoms with E-state index in [1.165, 1.54) is 6.07 Å². The van der Waals surface area contributed by atoms with Gasteiger partial charge in [-0.3, -0.25) is 4.90 Å². The highest BCUT2D eigenvalue weighted by molar-refractivity contribution is 5.83. The van der Waals surface area contributed by atoms with Gasteiger partial charge in [-0.25, -0.2) is 28.7 Å². The standard InChI is InChI=1S/C27H30F2N8/c1-3-35-8-10-36(11-9-35)16-18-5-6-23(30-14-18)32-27-31-15-21(29)25(34-27)19-12-20(28)26-22(13-19)37-17(2)4-7-24(37)33-26/h5-6,12-15,17H,3-4,7-11,16H2,1-2H3,(H,30,31,32,34)/t17-/m1/s1. The van der Waals surface area contributed by atoms with Crippen LogP contribution in [0.1, 0.15) is 37.7 Å². The first kappa shape index (κ1) is 23.9. The van der Waals surface area contributed by atoms with Crippen molar-refractivity contribution in [3.8, 4) is 11.3 Å². The van der Waals surface area contributed by atoms with Crippen LogP contribution in [0.15, 0.2) is 36.7 Å². The van der Waals surface area contributed by atoms with E-state index in [2.05, 4.69) is 48.9 Å². The number of piperazine rings is 1. The number of anilines is 2. The first-order valence-corrected chi connectivity index (χ1v) is 12.9. The second-order valence-corrected chi connectivity index (χ2v) is 9.89. The fourth-order valence-corrected chi connectivity index (χ4v) is 5.33. The third kappa shape index (κ3) is 4.67. The number of nitrogens with zero attached hydrogens (tertiary/aromatic N) is 7. The van der Waals surface area contributed by atoms with Crippen LogP contribution in [0.5, 0.6) is 0 Å². The molecule has 10 heteroatoms. The van der Waals surface area contributed by atoms with Gasteiger partial charge in [0.15, 0.2) is 11.6 Å². The summed E-state index contributed by atoms with van der Waals surface area (Å²) in [5.41, 5.74) is 2.48. The predicted octanol–water partition coefficient (Wildman–Crippen LogP) is 4.55. The Morgan fingerprint density at radius 3 is 2.54 bits per heavy atom. The number of imidazole rings is 1.